The van der Waals surface area contributed by atoms with Gasteiger partial charge in [0.1, 0.15) is 5.54 Å². The van der Waals surface area contributed by atoms with Gasteiger partial charge in [0.25, 0.3) is 0 Å². The van der Waals surface area contributed by atoms with Crippen molar-refractivity contribution in [1.29, 1.82) is 0 Å². The first kappa shape index (κ1) is 33.6. The van der Waals surface area contributed by atoms with Gasteiger partial charge in [-0.2, -0.15) is 0 Å². The van der Waals surface area contributed by atoms with Crippen molar-refractivity contribution in [3.63, 3.8) is 0 Å². The average Bonchev–Trinajstić information content (AvgIpc) is 3.69. The summed E-state index contributed by atoms with van der Waals surface area (Å²) in [6, 6.07) is 23.4. The monoisotopic (exact) mass is 633 g/mol. The van der Waals surface area contributed by atoms with E-state index in [1.165, 1.54) is 16.0 Å². The molecule has 45 heavy (non-hydrogen) atoms. The van der Waals surface area contributed by atoms with E-state index in [0.717, 1.165) is 90.4 Å². The largest absolute Gasteiger partial charge is 0.390 e. The number of aliphatic hydroxyl groups excluding tert-OH is 1. The second-order valence-electron chi connectivity index (χ2n) is 12.4. The number of likely N-dealkylation sites (tertiary alicyclic amines) is 1. The van der Waals surface area contributed by atoms with Crippen LogP contribution in [0.4, 0.5) is 5.69 Å². The van der Waals surface area contributed by atoms with Gasteiger partial charge >= 0.3 is 0 Å². The Morgan fingerprint density at radius 1 is 0.911 bits per heavy atom. The third-order valence-corrected chi connectivity index (χ3v) is 10.4. The van der Waals surface area contributed by atoms with Gasteiger partial charge in [-0.15, -0.1) is 11.3 Å². The summed E-state index contributed by atoms with van der Waals surface area (Å²) in [5, 5.41) is 16.5. The predicted octanol–water partition coefficient (Wildman–Crippen LogP) is 4.41. The van der Waals surface area contributed by atoms with E-state index in [-0.39, 0.29) is 13.3 Å². The fraction of sp³-hybridized carbons (Fsp3) is 0.528. The molecule has 0 aliphatic carbocycles. The Morgan fingerprint density at radius 2 is 1.64 bits per heavy atom. The first-order chi connectivity index (χ1) is 21.6. The fourth-order valence-electron chi connectivity index (χ4n) is 7.02. The number of rotatable bonds is 13. The van der Waals surface area contributed by atoms with Crippen LogP contribution in [0.25, 0.3) is 10.4 Å². The van der Waals surface area contributed by atoms with Crippen molar-refractivity contribution >= 4 is 22.9 Å². The first-order valence-corrected chi connectivity index (χ1v) is 17.2. The van der Waals surface area contributed by atoms with E-state index in [2.05, 4.69) is 73.9 Å². The molecule has 6 rings (SSSR count). The maximum absolute atomic E-state index is 14.1. The van der Waals surface area contributed by atoms with E-state index in [0.29, 0.717) is 19.8 Å². The summed E-state index contributed by atoms with van der Waals surface area (Å²) < 4.78 is 5.43. The van der Waals surface area contributed by atoms with E-state index in [1.54, 1.807) is 11.3 Å². The summed E-state index contributed by atoms with van der Waals surface area (Å²) in [7, 11) is 0. The van der Waals surface area contributed by atoms with E-state index < -0.39 is 11.6 Å². The molecule has 1 amide bonds. The summed E-state index contributed by atoms with van der Waals surface area (Å²) in [6.45, 7) is 9.66. The second-order valence-corrected chi connectivity index (χ2v) is 13.3. The van der Waals surface area contributed by atoms with Crippen LogP contribution in [0.3, 0.4) is 0 Å². The molecule has 1 spiro atoms. The third kappa shape index (κ3) is 8.14. The first-order valence-electron chi connectivity index (χ1n) is 16.3. The number of hydrogen-bond donors (Lipinski definition) is 2. The minimum Gasteiger partial charge on any atom is -0.390 e. The van der Waals surface area contributed by atoms with Gasteiger partial charge in [0.15, 0.2) is 0 Å². The Bertz CT molecular complexity index is 1310. The molecule has 0 saturated carbocycles. The topological polar surface area (TPSA) is 71.5 Å². The number of hydrogen-bond acceptors (Lipinski definition) is 8. The standard InChI is InChI=1S/C35H47N5O3S.CH4/c41-31(26-36-16-7-17-37-21-23-43-24-22-37)27-39-28-40(30-9-2-1-3-10-30)35(34(39)42)14-19-38(20-15-35)18-13-29-8-4-5-11-32(29)33-12-6-25-44-33;/h1-6,8-12,25,31,36,41H,7,13-24,26-28H2;1H4/t31-;/m1./s1. The number of thiophene rings is 1. The van der Waals surface area contributed by atoms with Gasteiger partial charge in [-0.3, -0.25) is 9.69 Å². The molecule has 3 aromatic rings. The number of nitrogens with zero attached hydrogens (tertiary/aromatic N) is 4. The van der Waals surface area contributed by atoms with Crippen LogP contribution in [-0.2, 0) is 16.0 Å². The summed E-state index contributed by atoms with van der Waals surface area (Å²) in [5.74, 6) is 0.162. The van der Waals surface area contributed by atoms with Crippen molar-refractivity contribution < 1.29 is 14.6 Å². The van der Waals surface area contributed by atoms with E-state index in [9.17, 15) is 9.90 Å². The molecule has 9 heteroatoms. The molecule has 3 fully saturated rings. The highest BCUT2D eigenvalue weighted by molar-refractivity contribution is 7.13. The highest BCUT2D eigenvalue weighted by atomic mass is 32.1. The molecule has 1 atom stereocenters. The van der Waals surface area contributed by atoms with Crippen molar-refractivity contribution in [2.24, 2.45) is 0 Å². The number of nitrogens with one attached hydrogen (secondary N) is 1. The number of ether oxygens (including phenoxy) is 1. The summed E-state index contributed by atoms with van der Waals surface area (Å²) >= 11 is 1.79. The van der Waals surface area contributed by atoms with Gasteiger partial charge < -0.3 is 29.9 Å². The number of carbonyl (C=O) groups is 1. The zero-order chi connectivity index (χ0) is 30.2. The van der Waals surface area contributed by atoms with Gasteiger partial charge in [-0.05, 0) is 73.5 Å². The van der Waals surface area contributed by atoms with Crippen LogP contribution in [0.1, 0.15) is 32.3 Å². The number of morpholine rings is 1. The van der Waals surface area contributed by atoms with Gasteiger partial charge in [0, 0.05) is 56.4 Å². The van der Waals surface area contributed by atoms with E-state index in [4.69, 9.17) is 4.74 Å². The number of benzene rings is 2. The number of carbonyl (C=O) groups excluding carboxylic acids is 1. The molecule has 1 aromatic heterocycles. The lowest BCUT2D eigenvalue weighted by Gasteiger charge is -2.43. The zero-order valence-electron chi connectivity index (χ0n) is 25.8. The normalized spacial score (nSPS) is 19.6. The summed E-state index contributed by atoms with van der Waals surface area (Å²) in [5.41, 5.74) is 3.24. The van der Waals surface area contributed by atoms with Crippen molar-refractivity contribution in [2.45, 2.75) is 44.8 Å². The quantitative estimate of drug-likeness (QED) is 0.271. The molecule has 4 heterocycles. The number of β-amino-alcohol motifs (C(OH)–C–C–N with tert-alkyl or cyclic N) is 1. The van der Waals surface area contributed by atoms with Crippen molar-refractivity contribution in [3.05, 3.63) is 77.7 Å². The zero-order valence-corrected chi connectivity index (χ0v) is 26.6. The number of para-hydroxylation sites is 1. The third-order valence-electron chi connectivity index (χ3n) is 9.51. The van der Waals surface area contributed by atoms with Crippen LogP contribution in [0.2, 0.25) is 0 Å². The van der Waals surface area contributed by atoms with Gasteiger partial charge in [-0.1, -0.05) is 56.0 Å². The molecule has 3 aliphatic rings. The van der Waals surface area contributed by atoms with Crippen molar-refractivity contribution in [3.8, 4) is 10.4 Å². The smallest absolute Gasteiger partial charge is 0.250 e. The number of anilines is 1. The molecule has 244 valence electrons. The van der Waals surface area contributed by atoms with Crippen molar-refractivity contribution in [2.75, 3.05) is 83.7 Å². The van der Waals surface area contributed by atoms with Gasteiger partial charge in [0.05, 0.1) is 26.0 Å². The Labute approximate surface area is 273 Å². The Hall–Kier alpha value is -2.79. The van der Waals surface area contributed by atoms with Crippen LogP contribution in [0, 0.1) is 0 Å². The lowest BCUT2D eigenvalue weighted by atomic mass is 9.85. The maximum Gasteiger partial charge on any atom is 0.250 e. The highest BCUT2D eigenvalue weighted by Crippen LogP contribution is 2.39. The van der Waals surface area contributed by atoms with Crippen LogP contribution in [0.5, 0.6) is 0 Å². The predicted molar refractivity (Wildman–Crippen MR) is 185 cm³/mol. The van der Waals surface area contributed by atoms with Gasteiger partial charge in [0.2, 0.25) is 5.91 Å². The van der Waals surface area contributed by atoms with E-state index in [1.807, 2.05) is 23.1 Å². The lowest BCUT2D eigenvalue weighted by Crippen LogP contribution is -2.56. The van der Waals surface area contributed by atoms with Crippen LogP contribution in [0.15, 0.2) is 72.1 Å². The SMILES string of the molecule is C.O=C1N(C[C@H](O)CNCCCN2CCOCC2)CN(c2ccccc2)C12CCN(CCc1ccccc1-c1cccs1)CC2. The maximum atomic E-state index is 14.1. The molecule has 0 radical (unpaired) electrons. The van der Waals surface area contributed by atoms with Crippen LogP contribution >= 0.6 is 11.3 Å². The molecule has 8 nitrogen and oxygen atoms in total. The molecule has 0 unspecified atom stereocenters. The second kappa shape index (κ2) is 16.2. The van der Waals surface area contributed by atoms with Crippen LogP contribution < -0.4 is 10.2 Å². The minimum absolute atomic E-state index is 0. The Balaban J connectivity index is 0.00000400. The minimum atomic E-state index is -0.599. The molecular formula is C36H51N5O3S. The molecular weight excluding hydrogens is 582 g/mol. The average molecular weight is 634 g/mol. The van der Waals surface area contributed by atoms with Crippen molar-refractivity contribution in [1.82, 2.24) is 20.0 Å². The Kier molecular flexibility index (Phi) is 12.1. The lowest BCUT2D eigenvalue weighted by molar-refractivity contribution is -0.134. The molecule has 3 saturated heterocycles. The summed E-state index contributed by atoms with van der Waals surface area (Å²) in [4.78, 5) is 24.6. The molecule has 2 N–H and O–H groups in total. The number of piperidine rings is 1. The summed E-state index contributed by atoms with van der Waals surface area (Å²) in [6.07, 6.45) is 3.02. The molecule has 2 aromatic carbocycles. The number of amides is 1. The molecule has 0 bridgehead atoms. The Morgan fingerprint density at radius 3 is 2.40 bits per heavy atom. The highest BCUT2D eigenvalue weighted by Gasteiger charge is 2.53. The van der Waals surface area contributed by atoms with Crippen LogP contribution in [-0.4, -0.2) is 116 Å². The number of aliphatic hydroxyl groups is 1. The van der Waals surface area contributed by atoms with E-state index >= 15 is 0 Å². The fourth-order valence-corrected chi connectivity index (χ4v) is 7.80. The molecule has 3 aliphatic heterocycles. The van der Waals surface area contributed by atoms with Gasteiger partial charge in [-0.25, -0.2) is 0 Å².